The molecule has 14 nitrogen and oxygen atoms in total. The van der Waals surface area contributed by atoms with E-state index in [4.69, 9.17) is 11.5 Å². The lowest BCUT2D eigenvalue weighted by atomic mass is 9.90. The van der Waals surface area contributed by atoms with Crippen LogP contribution in [0, 0.1) is 0 Å². The predicted octanol–water partition coefficient (Wildman–Crippen LogP) is 1.62. The maximum Gasteiger partial charge on any atom is 0.344 e. The van der Waals surface area contributed by atoms with Gasteiger partial charge in [0.2, 0.25) is 17.7 Å². The van der Waals surface area contributed by atoms with Gasteiger partial charge in [0.15, 0.2) is 5.96 Å². The van der Waals surface area contributed by atoms with E-state index in [-0.39, 0.29) is 62.0 Å². The molecule has 2 atom stereocenters. The van der Waals surface area contributed by atoms with E-state index in [2.05, 4.69) is 36.9 Å². The molecule has 5 amide bonds. The molecule has 0 aliphatic heterocycles. The molecule has 49 heavy (non-hydrogen) atoms. The SMILES string of the molecule is CCC(=O)NCCNC(=O)/N=C(/N)NCCC[C@@H](NC(=O)C(c1ccccc1)c1ccc(NCCN)cc1)C(=O)NCc1ccc(O)cc1. The number of carbonyl (C=O) groups excluding carboxylic acids is 4. The highest BCUT2D eigenvalue weighted by atomic mass is 16.3. The number of nitrogens with zero attached hydrogens (tertiary/aromatic N) is 1. The molecule has 0 heterocycles. The zero-order chi connectivity index (χ0) is 35.4. The van der Waals surface area contributed by atoms with E-state index < -0.39 is 18.0 Å². The van der Waals surface area contributed by atoms with E-state index in [1.165, 1.54) is 12.1 Å². The van der Waals surface area contributed by atoms with Gasteiger partial charge in [-0.25, -0.2) is 4.79 Å². The number of phenols is 1. The summed E-state index contributed by atoms with van der Waals surface area (Å²) < 4.78 is 0. The third kappa shape index (κ3) is 13.6. The van der Waals surface area contributed by atoms with Gasteiger partial charge in [-0.2, -0.15) is 4.99 Å². The molecule has 0 aliphatic rings. The number of guanidine groups is 1. The van der Waals surface area contributed by atoms with Gasteiger partial charge in [0, 0.05) is 51.4 Å². The van der Waals surface area contributed by atoms with Crippen molar-refractivity contribution in [1.82, 2.24) is 26.6 Å². The lowest BCUT2D eigenvalue weighted by molar-refractivity contribution is -0.129. The van der Waals surface area contributed by atoms with Crippen molar-refractivity contribution in [2.45, 2.75) is 44.7 Å². The van der Waals surface area contributed by atoms with Crippen molar-refractivity contribution in [1.29, 1.82) is 0 Å². The molecule has 0 fully saturated rings. The summed E-state index contributed by atoms with van der Waals surface area (Å²) in [5.41, 5.74) is 14.6. The van der Waals surface area contributed by atoms with Crippen LogP contribution in [-0.4, -0.2) is 73.6 Å². The molecule has 1 unspecified atom stereocenters. The molecular formula is C35H47N9O5. The van der Waals surface area contributed by atoms with Gasteiger partial charge in [0.1, 0.15) is 11.8 Å². The van der Waals surface area contributed by atoms with Crippen molar-refractivity contribution in [3.05, 3.63) is 95.6 Å². The van der Waals surface area contributed by atoms with Crippen LogP contribution in [0.3, 0.4) is 0 Å². The summed E-state index contributed by atoms with van der Waals surface area (Å²) in [5, 5.41) is 26.7. The van der Waals surface area contributed by atoms with E-state index >= 15 is 0 Å². The average molecular weight is 674 g/mol. The third-order valence-corrected chi connectivity index (χ3v) is 7.39. The Balaban J connectivity index is 1.68. The van der Waals surface area contributed by atoms with Crippen molar-refractivity contribution < 1.29 is 24.3 Å². The second-order valence-corrected chi connectivity index (χ2v) is 11.1. The number of urea groups is 1. The number of benzene rings is 3. The number of hydrogen-bond donors (Lipinski definition) is 9. The maximum atomic E-state index is 14.0. The first kappa shape index (κ1) is 37.8. The highest BCUT2D eigenvalue weighted by molar-refractivity contribution is 5.93. The minimum atomic E-state index is -0.900. The molecule has 3 aromatic rings. The van der Waals surface area contributed by atoms with Crippen LogP contribution in [0.1, 0.15) is 48.8 Å². The number of nitrogens with two attached hydrogens (primary N) is 2. The number of anilines is 1. The maximum absolute atomic E-state index is 14.0. The molecule has 0 radical (unpaired) electrons. The van der Waals surface area contributed by atoms with E-state index in [0.717, 1.165) is 22.4 Å². The monoisotopic (exact) mass is 673 g/mol. The number of amides is 5. The molecule has 0 bridgehead atoms. The Morgan fingerprint density at radius 2 is 1.45 bits per heavy atom. The number of aliphatic imine (C=N–C) groups is 1. The van der Waals surface area contributed by atoms with Gasteiger partial charge >= 0.3 is 6.03 Å². The minimum absolute atomic E-state index is 0.110. The van der Waals surface area contributed by atoms with Crippen LogP contribution in [-0.2, 0) is 20.9 Å². The summed E-state index contributed by atoms with van der Waals surface area (Å²) in [4.78, 5) is 54.5. The topological polar surface area (TPSA) is 225 Å². The van der Waals surface area contributed by atoms with Crippen molar-refractivity contribution >= 4 is 35.4 Å². The highest BCUT2D eigenvalue weighted by Crippen LogP contribution is 2.26. The first-order valence-electron chi connectivity index (χ1n) is 16.3. The Labute approximate surface area is 286 Å². The second kappa shape index (κ2) is 20.6. The second-order valence-electron chi connectivity index (χ2n) is 11.1. The normalized spacial score (nSPS) is 12.2. The first-order chi connectivity index (χ1) is 23.7. The number of aromatic hydroxyl groups is 1. The molecule has 3 aromatic carbocycles. The smallest absolute Gasteiger partial charge is 0.344 e. The molecule has 0 aliphatic carbocycles. The Kier molecular flexibility index (Phi) is 15.9. The standard InChI is InChI=1S/C35H47N9O5/c1-2-30(46)39-21-22-41-35(49)44-34(37)40-19-6-9-29(32(47)42-23-24-10-16-28(45)17-11-24)43-33(48)31(25-7-4-3-5-8-25)26-12-14-27(15-13-26)38-20-18-36/h3-5,7-8,10-17,29,31,38,45H,2,6,9,18-23,36H2,1H3,(H,39,46)(H,42,47)(H,43,48)(H4,37,40,41,44,49)/t29-,31?/m1/s1. The number of hydrogen-bond acceptors (Lipinski definition) is 7. The van der Waals surface area contributed by atoms with Crippen LogP contribution in [0.4, 0.5) is 10.5 Å². The molecule has 14 heteroatoms. The number of rotatable bonds is 18. The number of carbonyl (C=O) groups is 4. The van der Waals surface area contributed by atoms with Gasteiger partial charge in [-0.3, -0.25) is 14.4 Å². The van der Waals surface area contributed by atoms with E-state index in [0.29, 0.717) is 25.9 Å². The summed E-state index contributed by atoms with van der Waals surface area (Å²) in [7, 11) is 0. The molecule has 0 saturated carbocycles. The lowest BCUT2D eigenvalue weighted by Gasteiger charge is -2.23. The fourth-order valence-corrected chi connectivity index (χ4v) is 4.81. The Morgan fingerprint density at radius 1 is 0.776 bits per heavy atom. The molecule has 262 valence electrons. The Morgan fingerprint density at radius 3 is 2.12 bits per heavy atom. The average Bonchev–Trinajstić information content (AvgIpc) is 3.11. The first-order valence-corrected chi connectivity index (χ1v) is 16.3. The Bertz CT molecular complexity index is 1520. The van der Waals surface area contributed by atoms with Gasteiger partial charge in [0.25, 0.3) is 0 Å². The summed E-state index contributed by atoms with van der Waals surface area (Å²) in [6.45, 7) is 3.76. The third-order valence-electron chi connectivity index (χ3n) is 7.39. The van der Waals surface area contributed by atoms with Crippen molar-refractivity contribution in [3.63, 3.8) is 0 Å². The molecule has 11 N–H and O–H groups in total. The quantitative estimate of drug-likeness (QED) is 0.0543. The molecule has 0 aromatic heterocycles. The largest absolute Gasteiger partial charge is 0.508 e. The van der Waals surface area contributed by atoms with Crippen LogP contribution in [0.2, 0.25) is 0 Å². The zero-order valence-corrected chi connectivity index (χ0v) is 27.7. The van der Waals surface area contributed by atoms with E-state index in [9.17, 15) is 24.3 Å². The fourth-order valence-electron chi connectivity index (χ4n) is 4.81. The molecular weight excluding hydrogens is 626 g/mol. The van der Waals surface area contributed by atoms with Gasteiger partial charge < -0.3 is 48.5 Å². The van der Waals surface area contributed by atoms with Gasteiger partial charge in [-0.15, -0.1) is 0 Å². The summed E-state index contributed by atoms with van der Waals surface area (Å²) in [6, 6.07) is 21.7. The van der Waals surface area contributed by atoms with Gasteiger partial charge in [-0.1, -0.05) is 61.5 Å². The minimum Gasteiger partial charge on any atom is -0.508 e. The lowest BCUT2D eigenvalue weighted by Crippen LogP contribution is -2.48. The van der Waals surface area contributed by atoms with Crippen LogP contribution in [0.15, 0.2) is 83.9 Å². The van der Waals surface area contributed by atoms with Crippen LogP contribution in [0.25, 0.3) is 0 Å². The molecule has 3 rings (SSSR count). The van der Waals surface area contributed by atoms with E-state index in [1.54, 1.807) is 19.1 Å². The van der Waals surface area contributed by atoms with Crippen molar-refractivity contribution in [3.8, 4) is 5.75 Å². The summed E-state index contributed by atoms with van der Waals surface area (Å²) in [6.07, 6.45) is 0.999. The highest BCUT2D eigenvalue weighted by Gasteiger charge is 2.28. The summed E-state index contributed by atoms with van der Waals surface area (Å²) >= 11 is 0. The number of phenolic OH excluding ortho intramolecular Hbond substituents is 1. The zero-order valence-electron chi connectivity index (χ0n) is 27.7. The van der Waals surface area contributed by atoms with Crippen LogP contribution >= 0.6 is 0 Å². The predicted molar refractivity (Wildman–Crippen MR) is 190 cm³/mol. The van der Waals surface area contributed by atoms with Crippen molar-refractivity contribution in [2.75, 3.05) is 38.0 Å². The van der Waals surface area contributed by atoms with Gasteiger partial charge in [-0.05, 0) is 53.8 Å². The van der Waals surface area contributed by atoms with Crippen LogP contribution in [0.5, 0.6) is 5.75 Å². The van der Waals surface area contributed by atoms with Crippen molar-refractivity contribution in [2.24, 2.45) is 16.5 Å². The molecule has 0 spiro atoms. The van der Waals surface area contributed by atoms with Crippen LogP contribution < -0.4 is 43.4 Å². The Hall–Kier alpha value is -5.63. The van der Waals surface area contributed by atoms with Gasteiger partial charge in [0.05, 0.1) is 5.92 Å². The van der Waals surface area contributed by atoms with E-state index in [1.807, 2.05) is 54.6 Å². The molecule has 0 saturated heterocycles. The fraction of sp³-hybridized carbons (Fsp3) is 0.343. The number of nitrogens with one attached hydrogen (secondary N) is 6. The summed E-state index contributed by atoms with van der Waals surface area (Å²) in [5.74, 6) is -1.54.